The van der Waals surface area contributed by atoms with Crippen LogP contribution in [0.2, 0.25) is 5.02 Å². The van der Waals surface area contributed by atoms with Gasteiger partial charge >= 0.3 is 0 Å². The van der Waals surface area contributed by atoms with E-state index in [0.717, 1.165) is 12.5 Å². The van der Waals surface area contributed by atoms with Gasteiger partial charge in [-0.1, -0.05) is 24.9 Å². The van der Waals surface area contributed by atoms with Crippen LogP contribution in [0, 0.1) is 11.6 Å². The van der Waals surface area contributed by atoms with E-state index in [4.69, 9.17) is 17.3 Å². The van der Waals surface area contributed by atoms with Gasteiger partial charge < -0.3 is 16.4 Å². The summed E-state index contributed by atoms with van der Waals surface area (Å²) in [6.45, 7) is 1.96. The number of benzene rings is 1. The van der Waals surface area contributed by atoms with Crippen LogP contribution in [0.4, 0.5) is 35.1 Å². The fourth-order valence-corrected chi connectivity index (χ4v) is 4.40. The van der Waals surface area contributed by atoms with Gasteiger partial charge in [-0.2, -0.15) is 4.98 Å². The van der Waals surface area contributed by atoms with Gasteiger partial charge in [-0.3, -0.25) is 9.36 Å². The first-order valence-corrected chi connectivity index (χ1v) is 11.5. The summed E-state index contributed by atoms with van der Waals surface area (Å²) in [4.78, 5) is 24.6. The highest BCUT2D eigenvalue weighted by atomic mass is 35.5. The molecule has 0 spiro atoms. The molecule has 35 heavy (non-hydrogen) atoms. The topological polar surface area (TPSA) is 111 Å². The minimum Gasteiger partial charge on any atom is -0.370 e. The summed E-state index contributed by atoms with van der Waals surface area (Å²) >= 11 is 6.07. The number of hydrogen-bond acceptors (Lipinski definition) is 6. The third kappa shape index (κ3) is 5.58. The second kappa shape index (κ2) is 9.84. The number of hydrogen-bond donors (Lipinski definition) is 3. The minimum absolute atomic E-state index is 0.0861. The van der Waals surface area contributed by atoms with Crippen molar-refractivity contribution in [1.82, 2.24) is 19.5 Å². The Morgan fingerprint density at radius 3 is 2.66 bits per heavy atom. The van der Waals surface area contributed by atoms with E-state index in [1.807, 2.05) is 6.92 Å². The number of imidazole rings is 1. The zero-order chi connectivity index (χ0) is 25.3. The van der Waals surface area contributed by atoms with Crippen molar-refractivity contribution in [2.45, 2.75) is 63.5 Å². The van der Waals surface area contributed by atoms with Gasteiger partial charge in [-0.25, -0.2) is 27.5 Å². The molecule has 1 aliphatic rings. The number of rotatable bonds is 10. The second-order valence-electron chi connectivity index (χ2n) is 8.63. The Morgan fingerprint density at radius 2 is 2.03 bits per heavy atom. The van der Waals surface area contributed by atoms with Gasteiger partial charge in [0.1, 0.15) is 11.3 Å². The molecule has 1 amide bonds. The SMILES string of the molecule is CCC[C@@H](CCC(N)=O)n1c(Nc2c(F)cc(F)cc2Cl)nc2cnc(NC3CC(F)(F)C3)nc21. The highest BCUT2D eigenvalue weighted by Crippen LogP contribution is 2.39. The molecule has 4 rings (SSSR count). The molecule has 1 aliphatic carbocycles. The molecule has 2 heterocycles. The maximum atomic E-state index is 14.5. The number of carbonyl (C=O) groups is 1. The van der Waals surface area contributed by atoms with Crippen molar-refractivity contribution in [2.75, 3.05) is 10.6 Å². The number of aromatic nitrogens is 4. The van der Waals surface area contributed by atoms with Crippen LogP contribution in [-0.2, 0) is 4.79 Å². The molecular formula is C22H24ClF4N7O. The summed E-state index contributed by atoms with van der Waals surface area (Å²) in [5, 5.41) is 5.53. The molecule has 1 fully saturated rings. The Labute approximate surface area is 203 Å². The van der Waals surface area contributed by atoms with Gasteiger partial charge in [0.2, 0.25) is 17.8 Å². The van der Waals surface area contributed by atoms with Crippen molar-refractivity contribution in [1.29, 1.82) is 0 Å². The fraction of sp³-hybridized carbons (Fsp3) is 0.455. The molecule has 2 aromatic heterocycles. The second-order valence-corrected chi connectivity index (χ2v) is 9.04. The molecule has 0 aliphatic heterocycles. The molecule has 3 aromatic rings. The number of nitrogens with zero attached hydrogens (tertiary/aromatic N) is 4. The maximum absolute atomic E-state index is 14.5. The van der Waals surface area contributed by atoms with Crippen LogP contribution in [0.3, 0.4) is 0 Å². The molecule has 0 saturated heterocycles. The Morgan fingerprint density at radius 1 is 1.29 bits per heavy atom. The zero-order valence-corrected chi connectivity index (χ0v) is 19.5. The normalized spacial score (nSPS) is 16.2. The lowest BCUT2D eigenvalue weighted by Crippen LogP contribution is -2.44. The lowest BCUT2D eigenvalue weighted by molar-refractivity contribution is -0.118. The summed E-state index contributed by atoms with van der Waals surface area (Å²) in [7, 11) is 0. The molecule has 1 aromatic carbocycles. The lowest BCUT2D eigenvalue weighted by atomic mass is 9.88. The van der Waals surface area contributed by atoms with Gasteiger partial charge in [0.25, 0.3) is 5.92 Å². The largest absolute Gasteiger partial charge is 0.370 e. The van der Waals surface area contributed by atoms with E-state index in [1.54, 1.807) is 4.57 Å². The number of nitrogens with one attached hydrogen (secondary N) is 2. The van der Waals surface area contributed by atoms with Crippen molar-refractivity contribution < 1.29 is 22.4 Å². The molecule has 0 bridgehead atoms. The number of carbonyl (C=O) groups excluding carboxylic acids is 1. The van der Waals surface area contributed by atoms with Gasteiger partial charge in [-0.15, -0.1) is 0 Å². The van der Waals surface area contributed by atoms with Crippen LogP contribution in [0.1, 0.15) is 51.5 Å². The molecule has 0 unspecified atom stereocenters. The van der Waals surface area contributed by atoms with E-state index in [-0.39, 0.29) is 47.9 Å². The van der Waals surface area contributed by atoms with E-state index in [1.165, 1.54) is 6.20 Å². The van der Waals surface area contributed by atoms with E-state index < -0.39 is 29.5 Å². The van der Waals surface area contributed by atoms with Gasteiger partial charge in [0.15, 0.2) is 11.5 Å². The Bertz CT molecular complexity index is 1220. The van der Waals surface area contributed by atoms with E-state index in [2.05, 4.69) is 25.6 Å². The number of fused-ring (bicyclic) bond motifs is 1. The number of amides is 1. The molecule has 1 atom stereocenters. The van der Waals surface area contributed by atoms with Crippen molar-refractivity contribution in [3.8, 4) is 0 Å². The van der Waals surface area contributed by atoms with Crippen molar-refractivity contribution in [3.05, 3.63) is 35.0 Å². The van der Waals surface area contributed by atoms with Crippen LogP contribution in [0.25, 0.3) is 11.2 Å². The van der Waals surface area contributed by atoms with Crippen LogP contribution < -0.4 is 16.4 Å². The summed E-state index contributed by atoms with van der Waals surface area (Å²) in [5.41, 5.74) is 5.87. The number of alkyl halides is 2. The van der Waals surface area contributed by atoms with Crippen molar-refractivity contribution in [2.24, 2.45) is 5.73 Å². The predicted octanol–water partition coefficient (Wildman–Crippen LogP) is 5.32. The molecule has 0 radical (unpaired) electrons. The molecule has 4 N–H and O–H groups in total. The summed E-state index contributed by atoms with van der Waals surface area (Å²) < 4.78 is 56.2. The molecule has 13 heteroatoms. The number of primary amides is 1. The Balaban J connectivity index is 1.76. The quantitative estimate of drug-likeness (QED) is 0.316. The predicted molar refractivity (Wildman–Crippen MR) is 124 cm³/mol. The van der Waals surface area contributed by atoms with Crippen LogP contribution >= 0.6 is 11.6 Å². The van der Waals surface area contributed by atoms with Crippen LogP contribution in [0.15, 0.2) is 18.3 Å². The number of halogens is 5. The average Bonchev–Trinajstić information content (AvgIpc) is 3.09. The zero-order valence-electron chi connectivity index (χ0n) is 18.8. The highest BCUT2D eigenvalue weighted by molar-refractivity contribution is 6.33. The first-order valence-electron chi connectivity index (χ1n) is 11.2. The van der Waals surface area contributed by atoms with Gasteiger partial charge in [0.05, 0.1) is 16.9 Å². The lowest BCUT2D eigenvalue weighted by Gasteiger charge is -2.35. The van der Waals surface area contributed by atoms with Gasteiger partial charge in [0, 0.05) is 37.4 Å². The first kappa shape index (κ1) is 25.0. The van der Waals surface area contributed by atoms with Crippen molar-refractivity contribution >= 4 is 46.3 Å². The van der Waals surface area contributed by atoms with Crippen molar-refractivity contribution in [3.63, 3.8) is 0 Å². The van der Waals surface area contributed by atoms with Crippen LogP contribution in [-0.4, -0.2) is 37.4 Å². The summed E-state index contributed by atoms with van der Waals surface area (Å²) in [5.74, 6) is -4.66. The Hall–Kier alpha value is -3.15. The summed E-state index contributed by atoms with van der Waals surface area (Å²) in [6.07, 6.45) is 2.56. The molecule has 1 saturated carbocycles. The molecule has 188 valence electrons. The minimum atomic E-state index is -2.71. The summed E-state index contributed by atoms with van der Waals surface area (Å²) in [6, 6.07) is 0.865. The fourth-order valence-electron chi connectivity index (χ4n) is 4.16. The number of nitrogens with two attached hydrogens (primary N) is 1. The first-order chi connectivity index (χ1) is 16.6. The Kier molecular flexibility index (Phi) is 7.02. The standard InChI is InChI=1S/C22H24ClF4N7O/c1-2-3-13(4-5-17(28)35)34-19-16(10-29-20(33-19)30-12-8-22(26,27)9-12)31-21(34)32-18-14(23)6-11(24)7-15(18)25/h6-7,10,12-13H,2-5,8-9H2,1H3,(H2,28,35)(H,31,32)(H,29,30,33)/t13-/m0/s1. The average molecular weight is 514 g/mol. The smallest absolute Gasteiger partial charge is 0.252 e. The highest BCUT2D eigenvalue weighted by Gasteiger charge is 2.45. The monoisotopic (exact) mass is 513 g/mol. The van der Waals surface area contributed by atoms with Gasteiger partial charge in [-0.05, 0) is 18.9 Å². The molecule has 8 nitrogen and oxygen atoms in total. The number of anilines is 3. The third-order valence-electron chi connectivity index (χ3n) is 5.81. The maximum Gasteiger partial charge on any atom is 0.252 e. The van der Waals surface area contributed by atoms with E-state index in [0.29, 0.717) is 30.1 Å². The third-order valence-corrected chi connectivity index (χ3v) is 6.11. The van der Waals surface area contributed by atoms with E-state index >= 15 is 0 Å². The van der Waals surface area contributed by atoms with E-state index in [9.17, 15) is 22.4 Å². The molecular weight excluding hydrogens is 490 g/mol. The van der Waals surface area contributed by atoms with Crippen LogP contribution in [0.5, 0.6) is 0 Å².